The number of carboxylic acid groups (broad SMARTS) is 1. The van der Waals surface area contributed by atoms with Crippen LogP contribution in [0.4, 0.5) is 13.2 Å². The number of phenolic OH excluding ortho intramolecular Hbond substituents is 2. The van der Waals surface area contributed by atoms with Crippen LogP contribution in [-0.2, 0) is 60.8 Å². The van der Waals surface area contributed by atoms with Gasteiger partial charge in [0.25, 0.3) is 0 Å². The highest BCUT2D eigenvalue weighted by molar-refractivity contribution is 5.98. The summed E-state index contributed by atoms with van der Waals surface area (Å²) in [5.41, 5.74) is 68.9. The maximum Gasteiger partial charge on any atom is 0.490 e. The van der Waals surface area contributed by atoms with Crippen molar-refractivity contribution in [1.82, 2.24) is 42.5 Å². The number of benzene rings is 2. The largest absolute Gasteiger partial charge is 0.508 e. The molecule has 0 aliphatic heterocycles. The topological polar surface area (TPSA) is 677 Å². The molecule has 9 atom stereocenters. The summed E-state index contributed by atoms with van der Waals surface area (Å²) in [6, 6.07) is -0.358. The van der Waals surface area contributed by atoms with Gasteiger partial charge in [0.15, 0.2) is 17.9 Å². The zero-order valence-electron chi connectivity index (χ0n) is 56.7. The van der Waals surface area contributed by atoms with Crippen molar-refractivity contribution in [3.63, 3.8) is 0 Å². The summed E-state index contributed by atoms with van der Waals surface area (Å²) in [6.45, 7) is 1.33. The number of aliphatic imine (C=N–C) groups is 3. The molecule has 0 radical (unpaired) electrons. The molecule has 0 saturated carbocycles. The van der Waals surface area contributed by atoms with Crippen molar-refractivity contribution in [2.24, 2.45) is 83.8 Å². The summed E-state index contributed by atoms with van der Waals surface area (Å²) in [6.07, 6.45) is -1.32. The molecule has 568 valence electrons. The first-order chi connectivity index (χ1) is 47.8. The van der Waals surface area contributed by atoms with E-state index in [1.54, 1.807) is 0 Å². The van der Waals surface area contributed by atoms with E-state index in [1.807, 2.05) is 0 Å². The number of guanidine groups is 3. The number of hydrogen-bond acceptors (Lipinski definition) is 20. The highest BCUT2D eigenvalue weighted by Crippen LogP contribution is 2.17. The summed E-state index contributed by atoms with van der Waals surface area (Å²) >= 11 is 0. The van der Waals surface area contributed by atoms with E-state index >= 15 is 0 Å². The van der Waals surface area contributed by atoms with Crippen LogP contribution in [0.5, 0.6) is 11.5 Å². The molecule has 0 aromatic heterocycles. The van der Waals surface area contributed by atoms with Crippen LogP contribution in [0.15, 0.2) is 63.5 Å². The quantitative estimate of drug-likeness (QED) is 0.0167. The number of unbranched alkanes of at least 4 members (excludes halogenated alkanes) is 4. The molecule has 9 amide bonds. The van der Waals surface area contributed by atoms with Crippen LogP contribution in [0.2, 0.25) is 0 Å². The molecule has 101 heavy (non-hydrogen) atoms. The van der Waals surface area contributed by atoms with Crippen LogP contribution in [0.3, 0.4) is 0 Å². The van der Waals surface area contributed by atoms with Gasteiger partial charge >= 0.3 is 12.1 Å². The molecular formula is C62H106F3N23O13. The lowest BCUT2D eigenvalue weighted by Crippen LogP contribution is -2.61. The number of phenols is 2. The molecule has 0 bridgehead atoms. The lowest BCUT2D eigenvalue weighted by atomic mass is 10.0. The molecule has 0 heterocycles. The summed E-state index contributed by atoms with van der Waals surface area (Å²) in [5, 5.41) is 49.2. The lowest BCUT2D eigenvalue weighted by molar-refractivity contribution is -0.192. The van der Waals surface area contributed by atoms with Crippen molar-refractivity contribution in [3.05, 3.63) is 59.7 Å². The van der Waals surface area contributed by atoms with Crippen LogP contribution in [-0.4, -0.2) is 199 Å². The minimum Gasteiger partial charge on any atom is -0.508 e. The molecule has 2 aromatic carbocycles. The number of alkyl halides is 3. The van der Waals surface area contributed by atoms with Gasteiger partial charge in [0.2, 0.25) is 53.2 Å². The van der Waals surface area contributed by atoms with Crippen molar-refractivity contribution < 1.29 is 76.4 Å². The van der Waals surface area contributed by atoms with Crippen LogP contribution in [0.25, 0.3) is 0 Å². The number of hydrogen-bond donors (Lipinski definition) is 23. The predicted molar refractivity (Wildman–Crippen MR) is 371 cm³/mol. The Morgan fingerprint density at radius 1 is 0.356 bits per heavy atom. The number of carboxylic acids is 1. The molecule has 39 heteroatoms. The van der Waals surface area contributed by atoms with Crippen LogP contribution < -0.4 is 111 Å². The third-order valence-corrected chi connectivity index (χ3v) is 15.1. The van der Waals surface area contributed by atoms with Gasteiger partial charge in [-0.15, -0.1) is 0 Å². The van der Waals surface area contributed by atoms with Gasteiger partial charge in [-0.05, 0) is 177 Å². The predicted octanol–water partition coefficient (Wildman–Crippen LogP) is -5.12. The third kappa shape index (κ3) is 39.5. The van der Waals surface area contributed by atoms with Crippen molar-refractivity contribution in [2.75, 3.05) is 45.8 Å². The number of aliphatic carboxylic acids is 1. The Morgan fingerprint density at radius 2 is 0.584 bits per heavy atom. The highest BCUT2D eigenvalue weighted by atomic mass is 19.4. The Bertz CT molecular complexity index is 2980. The first-order valence-electron chi connectivity index (χ1n) is 33.1. The van der Waals surface area contributed by atoms with Gasteiger partial charge in [0, 0.05) is 32.5 Å². The number of nitrogens with zero attached hydrogens (tertiary/aromatic N) is 3. The van der Waals surface area contributed by atoms with Gasteiger partial charge in [-0.1, -0.05) is 24.3 Å². The maximum atomic E-state index is 14.9. The smallest absolute Gasteiger partial charge is 0.490 e. The Balaban J connectivity index is 0.00000689. The number of carbonyl (C=O) groups excluding carboxylic acids is 9. The molecule has 0 spiro atoms. The molecule has 0 unspecified atom stereocenters. The fraction of sp³-hybridized carbons (Fsp3) is 0.597. The van der Waals surface area contributed by atoms with Gasteiger partial charge in [0.05, 0.1) is 6.04 Å². The molecule has 35 N–H and O–H groups in total. The summed E-state index contributed by atoms with van der Waals surface area (Å²) < 4.78 is 31.7. The summed E-state index contributed by atoms with van der Waals surface area (Å²) in [4.78, 5) is 148. The standard InChI is InChI=1S/C60H105N23O11.C2HF3O2/c61-27-5-1-13-41(49(66)86)76-51(88)45(17-10-32-74-59(69)70)79-53(90)46(18-11-33-75-60(71)72)81-57(94)48(35-37-21-25-39(85)26-22-37)83-55(92)44(16-4-8-30-64)80-56(93)47(34-36-19-23-38(84)24-20-36)82-54(91)43(15-3-7-29-63)78-52(89)42(14-2-6-28-62)77-50(87)40(65)12-9-31-73-58(67)68;3-2(4,5)1(6)7/h19-26,40-48,84-85H,1-18,27-35,61-65H2,(H2,66,86)(H,76,88)(H,77,87)(H,78,89)(H,79,90)(H,80,93)(H,81,94)(H,82,91)(H,83,92)(H4,67,68,73)(H4,69,70,74)(H4,71,72,75);(H,6,7)/t40-,41-,42-,43-,44-,45-,46-,47-,48-;/m0./s1. The summed E-state index contributed by atoms with van der Waals surface area (Å²) in [5.74, 6) is -10.9. The first kappa shape index (κ1) is 89.2. The van der Waals surface area contributed by atoms with E-state index in [9.17, 15) is 66.5 Å². The number of aromatic hydroxyl groups is 2. The van der Waals surface area contributed by atoms with E-state index in [0.717, 1.165) is 0 Å². The third-order valence-electron chi connectivity index (χ3n) is 15.1. The van der Waals surface area contributed by atoms with Crippen molar-refractivity contribution in [3.8, 4) is 11.5 Å². The van der Waals surface area contributed by atoms with Crippen LogP contribution >= 0.6 is 0 Å². The molecule has 2 rings (SSSR count). The van der Waals surface area contributed by atoms with Gasteiger partial charge in [0.1, 0.15) is 59.8 Å². The van der Waals surface area contributed by atoms with Crippen molar-refractivity contribution in [2.45, 2.75) is 189 Å². The van der Waals surface area contributed by atoms with E-state index in [-0.39, 0.29) is 139 Å². The number of nitrogens with two attached hydrogens (primary N) is 12. The second-order valence-electron chi connectivity index (χ2n) is 23.5. The van der Waals surface area contributed by atoms with Gasteiger partial charge < -0.3 is 127 Å². The molecular weight excluding hydrogens is 1330 g/mol. The van der Waals surface area contributed by atoms with Crippen molar-refractivity contribution in [1.29, 1.82) is 0 Å². The number of amides is 9. The van der Waals surface area contributed by atoms with E-state index in [0.29, 0.717) is 75.6 Å². The monoisotopic (exact) mass is 1440 g/mol. The molecule has 0 fully saturated rings. The lowest BCUT2D eigenvalue weighted by Gasteiger charge is -2.28. The Kier molecular flexibility index (Phi) is 43.8. The molecule has 0 aliphatic rings. The average Bonchev–Trinajstić information content (AvgIpc) is 0.853. The van der Waals surface area contributed by atoms with E-state index in [1.165, 1.54) is 48.5 Å². The Morgan fingerprint density at radius 3 is 0.842 bits per heavy atom. The molecule has 0 saturated heterocycles. The van der Waals surface area contributed by atoms with E-state index in [4.69, 9.17) is 78.7 Å². The Labute approximate surface area is 583 Å². The zero-order valence-corrected chi connectivity index (χ0v) is 56.7. The fourth-order valence-corrected chi connectivity index (χ4v) is 9.60. The molecule has 0 aliphatic carbocycles. The normalized spacial score (nSPS) is 13.7. The Hall–Kier alpha value is -9.86. The first-order valence-corrected chi connectivity index (χ1v) is 33.1. The van der Waals surface area contributed by atoms with E-state index in [2.05, 4.69) is 57.5 Å². The molecule has 36 nitrogen and oxygen atoms in total. The van der Waals surface area contributed by atoms with Crippen LogP contribution in [0, 0.1) is 0 Å². The SMILES string of the molecule is NCCCC[C@H](NC(=O)[C@H](CCCN=C(N)N)NC(=O)[C@H](CCCN=C(N)N)NC(=O)[C@H](Cc1ccc(O)cc1)NC(=O)[C@H](CCCCN)NC(=O)[C@H](Cc1ccc(O)cc1)NC(=O)[C@H](CCCCN)NC(=O)[C@H](CCCCN)NC(=O)[C@@H](N)CCCN=C(N)N)C(N)=O.O=C(O)C(F)(F)F. The average molecular weight is 1440 g/mol. The maximum absolute atomic E-state index is 14.9. The number of carbonyl (C=O) groups is 10. The fourth-order valence-electron chi connectivity index (χ4n) is 9.60. The van der Waals surface area contributed by atoms with Gasteiger partial charge in [-0.3, -0.25) is 58.1 Å². The number of halogens is 3. The van der Waals surface area contributed by atoms with Crippen molar-refractivity contribution >= 4 is 77.0 Å². The van der Waals surface area contributed by atoms with Gasteiger partial charge in [-0.2, -0.15) is 13.2 Å². The second-order valence-corrected chi connectivity index (χ2v) is 23.5. The van der Waals surface area contributed by atoms with Crippen LogP contribution in [0.1, 0.15) is 127 Å². The van der Waals surface area contributed by atoms with E-state index < -0.39 is 120 Å². The minimum atomic E-state index is -5.08. The summed E-state index contributed by atoms with van der Waals surface area (Å²) in [7, 11) is 0. The minimum absolute atomic E-state index is 0.000447. The second kappa shape index (κ2) is 49.6. The number of rotatable bonds is 49. The number of primary amides is 1. The zero-order chi connectivity index (χ0) is 76.0. The highest BCUT2D eigenvalue weighted by Gasteiger charge is 2.39. The number of nitrogens with one attached hydrogen (secondary N) is 8. The molecule has 2 aromatic rings. The van der Waals surface area contributed by atoms with Gasteiger partial charge in [-0.25, -0.2) is 4.79 Å².